The van der Waals surface area contributed by atoms with Gasteiger partial charge in [0.2, 0.25) is 0 Å². The molecule has 1 unspecified atom stereocenters. The maximum atomic E-state index is 13.3. The van der Waals surface area contributed by atoms with E-state index in [-0.39, 0.29) is 11.9 Å². The number of halogens is 2. The number of benzene rings is 1. The fourth-order valence-electron chi connectivity index (χ4n) is 1.19. The largest absolute Gasteiger partial charge is 0.298 e. The van der Waals surface area contributed by atoms with Crippen LogP contribution in [0.1, 0.15) is 18.9 Å². The molecule has 0 radical (unpaired) electrons. The van der Waals surface area contributed by atoms with Crippen LogP contribution in [0.2, 0.25) is 0 Å². The van der Waals surface area contributed by atoms with Gasteiger partial charge in [-0.05, 0) is 24.6 Å². The highest BCUT2D eigenvalue weighted by Gasteiger charge is 2.06. The molecule has 0 fully saturated rings. The number of rotatable bonds is 4. The van der Waals surface area contributed by atoms with E-state index in [4.69, 9.17) is 5.26 Å². The van der Waals surface area contributed by atoms with Gasteiger partial charge in [-0.15, -0.1) is 0 Å². The van der Waals surface area contributed by atoms with E-state index in [1.165, 1.54) is 6.07 Å². The van der Waals surface area contributed by atoms with Crippen molar-refractivity contribution < 1.29 is 4.39 Å². The van der Waals surface area contributed by atoms with Crippen LogP contribution in [0.4, 0.5) is 4.39 Å². The Morgan fingerprint density at radius 3 is 2.93 bits per heavy atom. The lowest BCUT2D eigenvalue weighted by Gasteiger charge is -2.09. The van der Waals surface area contributed by atoms with Crippen LogP contribution in [0.5, 0.6) is 0 Å². The van der Waals surface area contributed by atoms with Gasteiger partial charge in [-0.3, -0.25) is 5.32 Å². The molecule has 0 bridgehead atoms. The topological polar surface area (TPSA) is 35.8 Å². The lowest BCUT2D eigenvalue weighted by atomic mass is 10.2. The average molecular weight is 271 g/mol. The molecule has 2 nitrogen and oxygen atoms in total. The summed E-state index contributed by atoms with van der Waals surface area (Å²) in [4.78, 5) is 0. The second kappa shape index (κ2) is 5.84. The molecule has 80 valence electrons. The highest BCUT2D eigenvalue weighted by atomic mass is 79.9. The monoisotopic (exact) mass is 270 g/mol. The fraction of sp³-hybridized carbons (Fsp3) is 0.364. The van der Waals surface area contributed by atoms with Crippen LogP contribution in [0, 0.1) is 17.1 Å². The molecule has 0 amide bonds. The van der Waals surface area contributed by atoms with Crippen molar-refractivity contribution in [3.63, 3.8) is 0 Å². The van der Waals surface area contributed by atoms with Crippen LogP contribution >= 0.6 is 15.9 Å². The zero-order chi connectivity index (χ0) is 11.3. The van der Waals surface area contributed by atoms with Gasteiger partial charge in [0, 0.05) is 16.6 Å². The summed E-state index contributed by atoms with van der Waals surface area (Å²) in [6.45, 7) is 2.29. The Balaban J connectivity index is 2.65. The normalized spacial score (nSPS) is 12.1. The van der Waals surface area contributed by atoms with Crippen LogP contribution in [0.25, 0.3) is 0 Å². The van der Waals surface area contributed by atoms with Gasteiger partial charge in [-0.1, -0.05) is 22.9 Å². The van der Waals surface area contributed by atoms with Gasteiger partial charge in [0.1, 0.15) is 5.82 Å². The maximum Gasteiger partial charge on any atom is 0.127 e. The Kier molecular flexibility index (Phi) is 4.73. The van der Waals surface area contributed by atoms with Crippen molar-refractivity contribution in [1.29, 1.82) is 5.26 Å². The van der Waals surface area contributed by atoms with Crippen LogP contribution in [-0.2, 0) is 6.54 Å². The molecule has 0 saturated carbocycles. The molecule has 0 aliphatic heterocycles. The summed E-state index contributed by atoms with van der Waals surface area (Å²) in [5.74, 6) is -0.251. The van der Waals surface area contributed by atoms with E-state index in [0.717, 1.165) is 4.47 Å². The Morgan fingerprint density at radius 2 is 2.33 bits per heavy atom. The lowest BCUT2D eigenvalue weighted by molar-refractivity contribution is 0.553. The highest BCUT2D eigenvalue weighted by Crippen LogP contribution is 2.15. The summed E-state index contributed by atoms with van der Waals surface area (Å²) >= 11 is 3.28. The van der Waals surface area contributed by atoms with Crippen LogP contribution in [0.3, 0.4) is 0 Å². The van der Waals surface area contributed by atoms with Gasteiger partial charge in [-0.2, -0.15) is 5.26 Å². The predicted molar refractivity (Wildman–Crippen MR) is 60.6 cm³/mol. The first kappa shape index (κ1) is 12.2. The molecule has 0 spiro atoms. The van der Waals surface area contributed by atoms with Gasteiger partial charge in [0.25, 0.3) is 0 Å². The Morgan fingerprint density at radius 1 is 1.60 bits per heavy atom. The van der Waals surface area contributed by atoms with Gasteiger partial charge in [0.15, 0.2) is 0 Å². The van der Waals surface area contributed by atoms with Gasteiger partial charge in [0.05, 0.1) is 12.1 Å². The number of nitrogens with one attached hydrogen (secondary N) is 1. The SMILES string of the molecule is CCC(C#N)NCc1cc(Br)ccc1F. The molecular weight excluding hydrogens is 259 g/mol. The smallest absolute Gasteiger partial charge is 0.127 e. The van der Waals surface area contributed by atoms with E-state index >= 15 is 0 Å². The maximum absolute atomic E-state index is 13.3. The van der Waals surface area contributed by atoms with Crippen molar-refractivity contribution in [1.82, 2.24) is 5.32 Å². The number of hydrogen-bond donors (Lipinski definition) is 1. The lowest BCUT2D eigenvalue weighted by Crippen LogP contribution is -2.26. The van der Waals surface area contributed by atoms with Crippen LogP contribution < -0.4 is 5.32 Å². The molecule has 15 heavy (non-hydrogen) atoms. The van der Waals surface area contributed by atoms with E-state index in [9.17, 15) is 4.39 Å². The van der Waals surface area contributed by atoms with Crippen LogP contribution in [-0.4, -0.2) is 6.04 Å². The molecular formula is C11H12BrFN2. The van der Waals surface area contributed by atoms with E-state index in [0.29, 0.717) is 18.5 Å². The zero-order valence-electron chi connectivity index (χ0n) is 8.43. The Labute approximate surface area is 97.2 Å². The van der Waals surface area contributed by atoms with Crippen molar-refractivity contribution in [2.75, 3.05) is 0 Å². The molecule has 1 atom stereocenters. The van der Waals surface area contributed by atoms with Crippen molar-refractivity contribution in [3.05, 3.63) is 34.1 Å². The molecule has 0 aliphatic carbocycles. The fourth-order valence-corrected chi connectivity index (χ4v) is 1.60. The molecule has 0 saturated heterocycles. The van der Waals surface area contributed by atoms with Crippen molar-refractivity contribution in [3.8, 4) is 6.07 Å². The molecule has 4 heteroatoms. The zero-order valence-corrected chi connectivity index (χ0v) is 10.0. The van der Waals surface area contributed by atoms with E-state index in [1.807, 2.05) is 6.92 Å². The minimum absolute atomic E-state index is 0.219. The van der Waals surface area contributed by atoms with Crippen molar-refractivity contribution in [2.24, 2.45) is 0 Å². The van der Waals surface area contributed by atoms with E-state index < -0.39 is 0 Å². The van der Waals surface area contributed by atoms with Crippen LogP contribution in [0.15, 0.2) is 22.7 Å². The minimum Gasteiger partial charge on any atom is -0.298 e. The van der Waals surface area contributed by atoms with Gasteiger partial charge >= 0.3 is 0 Å². The Hall–Kier alpha value is -0.920. The van der Waals surface area contributed by atoms with Crippen molar-refractivity contribution >= 4 is 15.9 Å². The summed E-state index contributed by atoms with van der Waals surface area (Å²) < 4.78 is 14.1. The number of nitriles is 1. The first-order valence-electron chi connectivity index (χ1n) is 4.74. The first-order chi connectivity index (χ1) is 7.17. The molecule has 1 N–H and O–H groups in total. The van der Waals surface area contributed by atoms with E-state index in [1.54, 1.807) is 12.1 Å². The summed E-state index contributed by atoms with van der Waals surface area (Å²) in [7, 11) is 0. The molecule has 1 aromatic rings. The molecule has 0 aliphatic rings. The third kappa shape index (κ3) is 3.61. The second-order valence-corrected chi connectivity index (χ2v) is 4.12. The standard InChI is InChI=1S/C11H12BrFN2/c1-2-10(6-14)15-7-8-5-9(12)3-4-11(8)13/h3-5,10,15H,2,7H2,1H3. The summed E-state index contributed by atoms with van der Waals surface area (Å²) in [6.07, 6.45) is 0.714. The predicted octanol–water partition coefficient (Wildman–Crippen LogP) is 2.98. The quantitative estimate of drug-likeness (QED) is 0.913. The molecule has 1 aromatic carbocycles. The van der Waals surface area contributed by atoms with E-state index in [2.05, 4.69) is 27.3 Å². The highest BCUT2D eigenvalue weighted by molar-refractivity contribution is 9.10. The number of hydrogen-bond acceptors (Lipinski definition) is 2. The second-order valence-electron chi connectivity index (χ2n) is 3.21. The molecule has 1 rings (SSSR count). The first-order valence-corrected chi connectivity index (χ1v) is 5.53. The number of nitrogens with zero attached hydrogens (tertiary/aromatic N) is 1. The Bertz CT molecular complexity index is 373. The summed E-state index contributed by atoms with van der Waals surface area (Å²) in [6, 6.07) is 6.67. The van der Waals surface area contributed by atoms with Crippen molar-refractivity contribution in [2.45, 2.75) is 25.9 Å². The average Bonchev–Trinajstić information content (AvgIpc) is 2.24. The van der Waals surface area contributed by atoms with Gasteiger partial charge in [-0.25, -0.2) is 4.39 Å². The molecule has 0 heterocycles. The minimum atomic E-state index is -0.251. The molecule has 0 aromatic heterocycles. The summed E-state index contributed by atoms with van der Waals surface area (Å²) in [5.41, 5.74) is 0.568. The van der Waals surface area contributed by atoms with Gasteiger partial charge < -0.3 is 0 Å². The third-order valence-electron chi connectivity index (χ3n) is 2.11. The summed E-state index contributed by atoms with van der Waals surface area (Å²) in [5, 5.41) is 11.7. The third-order valence-corrected chi connectivity index (χ3v) is 2.60.